The van der Waals surface area contributed by atoms with Crippen molar-refractivity contribution in [2.75, 3.05) is 7.11 Å². The van der Waals surface area contributed by atoms with Gasteiger partial charge in [0.25, 0.3) is 5.56 Å². The highest BCUT2D eigenvalue weighted by molar-refractivity contribution is 14.1. The number of halogens is 3. The van der Waals surface area contributed by atoms with E-state index in [2.05, 4.69) is 71.2 Å². The summed E-state index contributed by atoms with van der Waals surface area (Å²) in [6.07, 6.45) is 0.896. The van der Waals surface area contributed by atoms with E-state index in [-0.39, 0.29) is 11.5 Å². The lowest BCUT2D eigenvalue weighted by atomic mass is 10.2. The summed E-state index contributed by atoms with van der Waals surface area (Å²) < 4.78 is 14.3. The Morgan fingerprint density at radius 1 is 1.19 bits per heavy atom. The molecule has 0 bridgehead atoms. The molecule has 3 rings (SSSR count). The van der Waals surface area contributed by atoms with Crippen LogP contribution in [0.2, 0.25) is 0 Å². The van der Waals surface area contributed by atoms with Crippen LogP contribution in [-0.2, 0) is 9.53 Å². The third-order valence-corrected chi connectivity index (χ3v) is 6.62. The summed E-state index contributed by atoms with van der Waals surface area (Å²) in [5, 5.41) is 4.96. The molecule has 1 atom stereocenters. The average Bonchev–Trinajstić information content (AvgIpc) is 2.74. The normalized spacial score (nSPS) is 12.5. The van der Waals surface area contributed by atoms with Gasteiger partial charge in [-0.15, -0.1) is 0 Å². The lowest BCUT2D eigenvalue weighted by molar-refractivity contribution is -0.147. The number of aromatic nitrogens is 2. The molecule has 0 amide bonds. The monoisotopic (exact) mass is 723 g/mol. The zero-order valence-corrected chi connectivity index (χ0v) is 23.6. The molecule has 1 heterocycles. The zero-order chi connectivity index (χ0) is 23.6. The van der Waals surface area contributed by atoms with Gasteiger partial charge in [-0.3, -0.25) is 4.79 Å². The minimum atomic E-state index is -0.725. The fourth-order valence-electron chi connectivity index (χ4n) is 2.93. The van der Waals surface area contributed by atoms with Gasteiger partial charge in [-0.2, -0.15) is 9.78 Å². The van der Waals surface area contributed by atoms with E-state index < -0.39 is 12.1 Å². The predicted octanol–water partition coefficient (Wildman–Crippen LogP) is 5.31. The summed E-state index contributed by atoms with van der Waals surface area (Å²) in [7, 11) is 1.32. The second-order valence-electron chi connectivity index (χ2n) is 7.24. The van der Waals surface area contributed by atoms with Gasteiger partial charge in [0.1, 0.15) is 11.6 Å². The lowest BCUT2D eigenvalue weighted by Crippen LogP contribution is -2.25. The van der Waals surface area contributed by atoms with Crippen molar-refractivity contribution < 1.29 is 14.3 Å². The Morgan fingerprint density at radius 3 is 2.44 bits per heavy atom. The number of ether oxygens (including phenoxy) is 2. The van der Waals surface area contributed by atoms with Gasteiger partial charge in [-0.05, 0) is 88.0 Å². The lowest BCUT2D eigenvalue weighted by Gasteiger charge is -2.16. The highest BCUT2D eigenvalue weighted by atomic mass is 127. The Labute approximate surface area is 221 Å². The van der Waals surface area contributed by atoms with Crippen LogP contribution in [0.1, 0.15) is 38.1 Å². The molecular weight excluding hydrogens is 704 g/mol. The molecule has 0 saturated heterocycles. The van der Waals surface area contributed by atoms with Crippen molar-refractivity contribution in [1.82, 2.24) is 9.66 Å². The topological polar surface area (TPSA) is 82.8 Å². The van der Waals surface area contributed by atoms with Crippen molar-refractivity contribution in [3.8, 4) is 5.75 Å². The number of esters is 1. The van der Waals surface area contributed by atoms with Crippen molar-refractivity contribution in [3.63, 3.8) is 0 Å². The number of carbonyl (C=O) groups is 1. The van der Waals surface area contributed by atoms with Crippen LogP contribution in [0.4, 0.5) is 0 Å². The van der Waals surface area contributed by atoms with Gasteiger partial charge in [0.2, 0.25) is 0 Å². The van der Waals surface area contributed by atoms with E-state index in [1.54, 1.807) is 19.2 Å². The Hall–Kier alpha value is -1.54. The van der Waals surface area contributed by atoms with E-state index in [9.17, 15) is 9.59 Å². The molecule has 0 saturated carbocycles. The van der Waals surface area contributed by atoms with E-state index in [1.165, 1.54) is 11.8 Å². The molecule has 0 fully saturated rings. The van der Waals surface area contributed by atoms with Gasteiger partial charge in [0, 0.05) is 10.4 Å². The van der Waals surface area contributed by atoms with Gasteiger partial charge < -0.3 is 9.47 Å². The largest absolute Gasteiger partial charge is 0.477 e. The average molecular weight is 724 g/mol. The number of benzene rings is 2. The molecule has 168 valence electrons. The van der Waals surface area contributed by atoms with Gasteiger partial charge >= 0.3 is 5.97 Å². The summed E-state index contributed by atoms with van der Waals surface area (Å²) in [6.45, 7) is 5.58. The molecule has 0 spiro atoms. The molecule has 2 aromatic carbocycles. The molecular formula is C22H20BrI2N3O4. The molecule has 32 heavy (non-hydrogen) atoms. The SMILES string of the molecule is COC(=O)[C@@H](C)Oc1c(I)cc(C=Nn2c(C(C)C)nc3ccc(Br)cc3c2=O)cc1I. The van der Waals surface area contributed by atoms with Crippen LogP contribution < -0.4 is 10.3 Å². The van der Waals surface area contributed by atoms with Crippen LogP contribution in [0.5, 0.6) is 5.75 Å². The first kappa shape index (κ1) is 25.1. The summed E-state index contributed by atoms with van der Waals surface area (Å²) >= 11 is 7.70. The van der Waals surface area contributed by atoms with E-state index in [4.69, 9.17) is 9.47 Å². The number of fused-ring (bicyclic) bond motifs is 1. The van der Waals surface area contributed by atoms with E-state index >= 15 is 0 Å². The third-order valence-electron chi connectivity index (χ3n) is 4.52. The Kier molecular flexibility index (Phi) is 8.31. The smallest absolute Gasteiger partial charge is 0.346 e. The molecule has 1 aromatic heterocycles. The molecule has 0 aliphatic carbocycles. The summed E-state index contributed by atoms with van der Waals surface area (Å²) in [5.41, 5.74) is 1.19. The molecule has 0 aliphatic rings. The van der Waals surface area contributed by atoms with Gasteiger partial charge in [0.05, 0.1) is 31.4 Å². The van der Waals surface area contributed by atoms with E-state index in [0.717, 1.165) is 17.2 Å². The number of carbonyl (C=O) groups excluding carboxylic acids is 1. The molecule has 0 unspecified atom stereocenters. The molecule has 0 N–H and O–H groups in total. The number of methoxy groups -OCH3 is 1. The second-order valence-corrected chi connectivity index (χ2v) is 10.5. The maximum Gasteiger partial charge on any atom is 0.346 e. The number of rotatable bonds is 6. The Morgan fingerprint density at radius 2 is 1.84 bits per heavy atom. The van der Waals surface area contributed by atoms with Crippen molar-refractivity contribution in [3.05, 3.63) is 63.7 Å². The standard InChI is InChI=1S/C22H20BrI2N3O4/c1-11(2)20-27-18-6-5-14(23)9-15(18)21(29)28(20)26-10-13-7-16(24)19(17(25)8-13)32-12(3)22(30)31-4/h5-12H,1-4H3/t12-/m1/s1. The maximum absolute atomic E-state index is 13.2. The minimum absolute atomic E-state index is 0.00348. The van der Waals surface area contributed by atoms with Crippen LogP contribution in [0.3, 0.4) is 0 Å². The number of nitrogens with zero attached hydrogens (tertiary/aromatic N) is 3. The number of hydrogen-bond acceptors (Lipinski definition) is 6. The second kappa shape index (κ2) is 10.6. The predicted molar refractivity (Wildman–Crippen MR) is 145 cm³/mol. The minimum Gasteiger partial charge on any atom is -0.477 e. The molecule has 10 heteroatoms. The van der Waals surface area contributed by atoms with Crippen molar-refractivity contribution in [1.29, 1.82) is 0 Å². The Balaban J connectivity index is 2.02. The van der Waals surface area contributed by atoms with Crippen molar-refractivity contribution in [2.45, 2.75) is 32.8 Å². The first-order chi connectivity index (χ1) is 15.1. The molecule has 0 aliphatic heterocycles. The highest BCUT2D eigenvalue weighted by Crippen LogP contribution is 2.29. The van der Waals surface area contributed by atoms with Crippen molar-refractivity contribution >= 4 is 84.2 Å². The van der Waals surface area contributed by atoms with E-state index in [0.29, 0.717) is 22.5 Å². The molecule has 7 nitrogen and oxygen atoms in total. The summed E-state index contributed by atoms with van der Waals surface area (Å²) in [6, 6.07) is 9.18. The van der Waals surface area contributed by atoms with Crippen molar-refractivity contribution in [2.24, 2.45) is 5.10 Å². The maximum atomic E-state index is 13.2. The van der Waals surface area contributed by atoms with Crippen LogP contribution >= 0.6 is 61.1 Å². The Bertz CT molecular complexity index is 1250. The van der Waals surface area contributed by atoms with E-state index in [1.807, 2.05) is 38.1 Å². The summed E-state index contributed by atoms with van der Waals surface area (Å²) in [4.78, 5) is 29.5. The highest BCUT2D eigenvalue weighted by Gasteiger charge is 2.19. The van der Waals surface area contributed by atoms with Gasteiger partial charge in [-0.25, -0.2) is 9.78 Å². The quantitative estimate of drug-likeness (QED) is 0.196. The van der Waals surface area contributed by atoms with Crippen LogP contribution in [0.25, 0.3) is 10.9 Å². The third kappa shape index (κ3) is 5.50. The molecule has 0 radical (unpaired) electrons. The van der Waals surface area contributed by atoms with Crippen LogP contribution in [-0.4, -0.2) is 35.1 Å². The fraction of sp³-hybridized carbons (Fsp3) is 0.273. The first-order valence-corrected chi connectivity index (χ1v) is 12.6. The first-order valence-electron chi connectivity index (χ1n) is 9.62. The number of hydrogen-bond donors (Lipinski definition) is 0. The van der Waals surface area contributed by atoms with Crippen LogP contribution in [0.15, 0.2) is 44.7 Å². The zero-order valence-electron chi connectivity index (χ0n) is 17.7. The van der Waals surface area contributed by atoms with Gasteiger partial charge in [-0.1, -0.05) is 29.8 Å². The summed E-state index contributed by atoms with van der Waals surface area (Å²) in [5.74, 6) is 0.734. The fourth-order valence-corrected chi connectivity index (χ4v) is 5.36. The van der Waals surface area contributed by atoms with Gasteiger partial charge in [0.15, 0.2) is 6.10 Å². The van der Waals surface area contributed by atoms with Crippen LogP contribution in [0, 0.1) is 7.14 Å². The molecule has 3 aromatic rings.